The maximum absolute atomic E-state index is 4.51. The van der Waals surface area contributed by atoms with Crippen LogP contribution >= 0.6 is 0 Å². The van der Waals surface area contributed by atoms with Gasteiger partial charge in [-0.05, 0) is 12.8 Å². The van der Waals surface area contributed by atoms with Crippen molar-refractivity contribution >= 4 is 34.0 Å². The molecule has 0 saturated carbocycles. The van der Waals surface area contributed by atoms with Gasteiger partial charge in [-0.25, -0.2) is 29.9 Å². The highest BCUT2D eigenvalue weighted by Crippen LogP contribution is 2.21. The van der Waals surface area contributed by atoms with Gasteiger partial charge in [0.25, 0.3) is 0 Å². The molecule has 0 aromatic carbocycles. The Balaban J connectivity index is 1.29. The first-order valence-electron chi connectivity index (χ1n) is 10.2. The average molecular weight is 409 g/mol. The Kier molecular flexibility index (Phi) is 5.73. The number of aryl methyl sites for hydroxylation is 2. The fraction of sp³-hybridized carbons (Fsp3) is 0.500. The Morgan fingerprint density at radius 1 is 0.600 bits per heavy atom. The molecule has 0 radical (unpaired) electrons. The summed E-state index contributed by atoms with van der Waals surface area (Å²) in [7, 11) is 7.88. The van der Waals surface area contributed by atoms with Gasteiger partial charge in [0.05, 0.1) is 12.7 Å². The molecule has 30 heavy (non-hydrogen) atoms. The molecule has 0 N–H and O–H groups in total. The second-order valence-electron chi connectivity index (χ2n) is 7.82. The molecule has 0 saturated heterocycles. The summed E-state index contributed by atoms with van der Waals surface area (Å²) in [5.74, 6) is 1.71. The molecule has 0 unspecified atom stereocenters. The molecular weight excluding hydrogens is 380 g/mol. The molecule has 158 valence electrons. The lowest BCUT2D eigenvalue weighted by atomic mass is 10.2. The van der Waals surface area contributed by atoms with E-state index in [1.54, 1.807) is 12.7 Å². The summed E-state index contributed by atoms with van der Waals surface area (Å²) in [4.78, 5) is 30.4. The van der Waals surface area contributed by atoms with Crippen molar-refractivity contribution in [1.29, 1.82) is 0 Å². The Labute approximate surface area is 175 Å². The summed E-state index contributed by atoms with van der Waals surface area (Å²) >= 11 is 0. The molecule has 10 heteroatoms. The van der Waals surface area contributed by atoms with E-state index in [4.69, 9.17) is 0 Å². The monoisotopic (exact) mass is 408 g/mol. The standard InChI is InChI=1S/C20H28N10/c1-27(2)17-15-19(23-11-21-17)29(13-25-15)9-7-5-6-8-10-30-14-26-16-18(28(3)4)22-12-24-20(16)30/h11-14H,5-10H2,1-4H3. The van der Waals surface area contributed by atoms with Crippen LogP contribution in [-0.2, 0) is 13.1 Å². The summed E-state index contributed by atoms with van der Waals surface area (Å²) < 4.78 is 4.24. The predicted molar refractivity (Wildman–Crippen MR) is 118 cm³/mol. The first kappa shape index (κ1) is 20.0. The second kappa shape index (κ2) is 8.60. The molecule has 4 aromatic rings. The highest BCUT2D eigenvalue weighted by atomic mass is 15.2. The maximum Gasteiger partial charge on any atom is 0.165 e. The van der Waals surface area contributed by atoms with Gasteiger partial charge in [-0.3, -0.25) is 0 Å². The minimum absolute atomic E-state index is 0.854. The van der Waals surface area contributed by atoms with Crippen molar-refractivity contribution in [1.82, 2.24) is 39.0 Å². The van der Waals surface area contributed by atoms with Gasteiger partial charge in [-0.2, -0.15) is 0 Å². The quantitative estimate of drug-likeness (QED) is 0.390. The van der Waals surface area contributed by atoms with E-state index in [2.05, 4.69) is 39.0 Å². The predicted octanol–water partition coefficient (Wildman–Crippen LogP) is 2.36. The van der Waals surface area contributed by atoms with Gasteiger partial charge in [0.15, 0.2) is 34.0 Å². The second-order valence-corrected chi connectivity index (χ2v) is 7.82. The molecule has 0 bridgehead atoms. The van der Waals surface area contributed by atoms with Crippen LogP contribution < -0.4 is 9.80 Å². The smallest absolute Gasteiger partial charge is 0.165 e. The first-order chi connectivity index (χ1) is 14.6. The van der Waals surface area contributed by atoms with Gasteiger partial charge < -0.3 is 18.9 Å². The van der Waals surface area contributed by atoms with Crippen molar-refractivity contribution in [2.45, 2.75) is 38.8 Å². The van der Waals surface area contributed by atoms with E-state index >= 15 is 0 Å². The third kappa shape index (κ3) is 3.89. The fourth-order valence-electron chi connectivity index (χ4n) is 3.64. The van der Waals surface area contributed by atoms with Crippen LogP contribution in [0.25, 0.3) is 22.3 Å². The summed E-state index contributed by atoms with van der Waals surface area (Å²) in [5.41, 5.74) is 3.51. The van der Waals surface area contributed by atoms with E-state index in [1.807, 2.05) is 50.6 Å². The minimum Gasteiger partial charge on any atom is -0.361 e. The molecular formula is C20H28N10. The third-order valence-corrected chi connectivity index (χ3v) is 5.16. The topological polar surface area (TPSA) is 93.7 Å². The lowest BCUT2D eigenvalue weighted by Gasteiger charge is -2.11. The van der Waals surface area contributed by atoms with Gasteiger partial charge >= 0.3 is 0 Å². The molecule has 0 spiro atoms. The summed E-state index contributed by atoms with van der Waals surface area (Å²) in [6.45, 7) is 1.82. The zero-order valence-corrected chi connectivity index (χ0v) is 18.0. The summed E-state index contributed by atoms with van der Waals surface area (Å²) in [5, 5.41) is 0. The first-order valence-corrected chi connectivity index (χ1v) is 10.2. The van der Waals surface area contributed by atoms with Crippen molar-refractivity contribution in [2.75, 3.05) is 38.0 Å². The molecule has 4 rings (SSSR count). The van der Waals surface area contributed by atoms with Crippen molar-refractivity contribution in [3.63, 3.8) is 0 Å². The van der Waals surface area contributed by atoms with E-state index in [0.29, 0.717) is 0 Å². The number of nitrogens with zero attached hydrogens (tertiary/aromatic N) is 10. The maximum atomic E-state index is 4.51. The van der Waals surface area contributed by atoms with E-state index < -0.39 is 0 Å². The van der Waals surface area contributed by atoms with Gasteiger partial charge in [0.2, 0.25) is 0 Å². The average Bonchev–Trinajstić information content (AvgIpc) is 3.34. The molecule has 0 aliphatic heterocycles. The van der Waals surface area contributed by atoms with Crippen LogP contribution in [0.2, 0.25) is 0 Å². The molecule has 4 heterocycles. The minimum atomic E-state index is 0.854. The number of fused-ring (bicyclic) bond motifs is 2. The van der Waals surface area contributed by atoms with Crippen LogP contribution in [0.3, 0.4) is 0 Å². The number of unbranched alkanes of at least 4 members (excludes halogenated alkanes) is 3. The van der Waals surface area contributed by atoms with Crippen molar-refractivity contribution in [2.24, 2.45) is 0 Å². The largest absolute Gasteiger partial charge is 0.361 e. The van der Waals surface area contributed by atoms with Crippen molar-refractivity contribution < 1.29 is 0 Å². The van der Waals surface area contributed by atoms with Crippen LogP contribution in [0.5, 0.6) is 0 Å². The van der Waals surface area contributed by atoms with Crippen LogP contribution in [0, 0.1) is 0 Å². The third-order valence-electron chi connectivity index (χ3n) is 5.16. The zero-order valence-electron chi connectivity index (χ0n) is 18.0. The van der Waals surface area contributed by atoms with Gasteiger partial charge in [0.1, 0.15) is 12.7 Å². The number of aromatic nitrogens is 8. The lowest BCUT2D eigenvalue weighted by Crippen LogP contribution is -2.11. The summed E-state index contributed by atoms with van der Waals surface area (Å²) in [6, 6.07) is 0. The molecule has 0 amide bonds. The van der Waals surface area contributed by atoms with Gasteiger partial charge in [-0.15, -0.1) is 0 Å². The zero-order chi connectivity index (χ0) is 21.1. The molecule has 10 nitrogen and oxygen atoms in total. The highest BCUT2D eigenvalue weighted by molar-refractivity contribution is 5.83. The van der Waals surface area contributed by atoms with E-state index in [1.165, 1.54) is 0 Å². The Bertz CT molecular complexity index is 1040. The van der Waals surface area contributed by atoms with Crippen LogP contribution in [0.1, 0.15) is 25.7 Å². The fourth-order valence-corrected chi connectivity index (χ4v) is 3.64. The van der Waals surface area contributed by atoms with Crippen LogP contribution in [0.4, 0.5) is 11.6 Å². The number of rotatable bonds is 9. The molecule has 0 aliphatic carbocycles. The van der Waals surface area contributed by atoms with Gasteiger partial charge in [-0.1, -0.05) is 12.8 Å². The number of hydrogen-bond acceptors (Lipinski definition) is 8. The molecule has 4 aromatic heterocycles. The Hall–Kier alpha value is -3.30. The Morgan fingerprint density at radius 3 is 1.43 bits per heavy atom. The number of anilines is 2. The SMILES string of the molecule is CN(C)c1ncnc2c1ncn2CCCCCCn1cnc2c(N(C)C)ncnc21. The van der Waals surface area contributed by atoms with Crippen LogP contribution in [0.15, 0.2) is 25.3 Å². The summed E-state index contributed by atoms with van der Waals surface area (Å²) in [6.07, 6.45) is 11.4. The van der Waals surface area contributed by atoms with E-state index in [-0.39, 0.29) is 0 Å². The van der Waals surface area contributed by atoms with Gasteiger partial charge in [0, 0.05) is 41.3 Å². The Morgan fingerprint density at radius 2 is 1.03 bits per heavy atom. The number of hydrogen-bond donors (Lipinski definition) is 0. The normalized spacial score (nSPS) is 11.5. The lowest BCUT2D eigenvalue weighted by molar-refractivity contribution is 0.546. The van der Waals surface area contributed by atoms with Crippen LogP contribution in [-0.4, -0.2) is 67.2 Å². The highest BCUT2D eigenvalue weighted by Gasteiger charge is 2.12. The number of imidazole rings is 2. The van der Waals surface area contributed by atoms with Crippen molar-refractivity contribution in [3.05, 3.63) is 25.3 Å². The molecule has 0 aliphatic rings. The van der Waals surface area contributed by atoms with E-state index in [0.717, 1.165) is 72.7 Å². The van der Waals surface area contributed by atoms with E-state index in [9.17, 15) is 0 Å². The molecule has 0 atom stereocenters. The van der Waals surface area contributed by atoms with Crippen molar-refractivity contribution in [3.8, 4) is 0 Å². The molecule has 0 fully saturated rings.